The fourth-order valence-electron chi connectivity index (χ4n) is 1.34. The van der Waals surface area contributed by atoms with Gasteiger partial charge < -0.3 is 10.6 Å². The Morgan fingerprint density at radius 1 is 1.18 bits per heavy atom. The smallest absolute Gasteiger partial charge is 0.309 e. The topological polar surface area (TPSA) is 58.2 Å². The van der Waals surface area contributed by atoms with Crippen molar-refractivity contribution in [1.29, 1.82) is 0 Å². The molecule has 1 aromatic rings. The molecule has 0 heterocycles. The highest BCUT2D eigenvalue weighted by Gasteiger charge is 2.26. The van der Waals surface area contributed by atoms with E-state index in [1.165, 1.54) is 0 Å². The van der Waals surface area contributed by atoms with E-state index in [0.717, 1.165) is 18.4 Å². The van der Waals surface area contributed by atoms with Crippen LogP contribution >= 0.6 is 11.6 Å². The number of hydrogen-bond acceptors (Lipinski definition) is 2. The molecule has 90 valence electrons. The van der Waals surface area contributed by atoms with Gasteiger partial charge in [0.15, 0.2) is 0 Å². The summed E-state index contributed by atoms with van der Waals surface area (Å²) in [5.41, 5.74) is 0.905. The predicted octanol–water partition coefficient (Wildman–Crippen LogP) is 1.23. The molecule has 1 aliphatic carbocycles. The molecule has 2 N–H and O–H groups in total. The first-order valence-corrected chi connectivity index (χ1v) is 5.86. The molecule has 1 fully saturated rings. The fourth-order valence-corrected chi connectivity index (χ4v) is 1.47. The molecule has 0 spiro atoms. The van der Waals surface area contributed by atoms with Crippen LogP contribution in [0.15, 0.2) is 24.3 Å². The van der Waals surface area contributed by atoms with Crippen molar-refractivity contribution in [3.63, 3.8) is 0 Å². The Hall–Kier alpha value is -1.55. The zero-order valence-corrected chi connectivity index (χ0v) is 9.96. The van der Waals surface area contributed by atoms with Crippen molar-refractivity contribution in [2.45, 2.75) is 25.4 Å². The van der Waals surface area contributed by atoms with Crippen molar-refractivity contribution in [2.75, 3.05) is 0 Å². The fraction of sp³-hybridized carbons (Fsp3) is 0.333. The third-order valence-electron chi connectivity index (χ3n) is 2.49. The monoisotopic (exact) mass is 252 g/mol. The van der Waals surface area contributed by atoms with Crippen molar-refractivity contribution in [3.05, 3.63) is 34.9 Å². The van der Waals surface area contributed by atoms with Gasteiger partial charge >= 0.3 is 11.8 Å². The first kappa shape index (κ1) is 11.9. The van der Waals surface area contributed by atoms with Crippen LogP contribution in [0.3, 0.4) is 0 Å². The van der Waals surface area contributed by atoms with E-state index in [1.54, 1.807) is 24.3 Å². The normalized spacial score (nSPS) is 14.2. The van der Waals surface area contributed by atoms with Crippen LogP contribution in [-0.2, 0) is 16.1 Å². The average Bonchev–Trinajstić information content (AvgIpc) is 3.11. The zero-order chi connectivity index (χ0) is 12.3. The highest BCUT2D eigenvalue weighted by molar-refractivity contribution is 6.35. The highest BCUT2D eigenvalue weighted by Crippen LogP contribution is 2.18. The first-order valence-electron chi connectivity index (χ1n) is 5.48. The van der Waals surface area contributed by atoms with Gasteiger partial charge in [0.2, 0.25) is 0 Å². The largest absolute Gasteiger partial charge is 0.345 e. The van der Waals surface area contributed by atoms with Crippen molar-refractivity contribution < 1.29 is 9.59 Å². The van der Waals surface area contributed by atoms with Crippen LogP contribution < -0.4 is 10.6 Å². The number of halogens is 1. The summed E-state index contributed by atoms with van der Waals surface area (Å²) in [7, 11) is 0. The summed E-state index contributed by atoms with van der Waals surface area (Å²) in [5, 5.41) is 5.83. The van der Waals surface area contributed by atoms with Gasteiger partial charge in [-0.2, -0.15) is 0 Å². The lowest BCUT2D eigenvalue weighted by atomic mass is 10.2. The highest BCUT2D eigenvalue weighted by atomic mass is 35.5. The van der Waals surface area contributed by atoms with Crippen LogP contribution in [0.1, 0.15) is 18.4 Å². The van der Waals surface area contributed by atoms with E-state index >= 15 is 0 Å². The van der Waals surface area contributed by atoms with Gasteiger partial charge in [0.25, 0.3) is 0 Å². The van der Waals surface area contributed by atoms with Crippen LogP contribution in [-0.4, -0.2) is 17.9 Å². The molecule has 0 unspecified atom stereocenters. The van der Waals surface area contributed by atoms with Gasteiger partial charge in [-0.15, -0.1) is 0 Å². The van der Waals surface area contributed by atoms with Crippen LogP contribution in [0.4, 0.5) is 0 Å². The summed E-state index contributed by atoms with van der Waals surface area (Å²) in [6, 6.07) is 7.30. The quantitative estimate of drug-likeness (QED) is 0.795. The summed E-state index contributed by atoms with van der Waals surface area (Å²) in [6.07, 6.45) is 1.94. The van der Waals surface area contributed by atoms with E-state index in [2.05, 4.69) is 10.6 Å². The Balaban J connectivity index is 1.78. The molecule has 1 saturated carbocycles. The van der Waals surface area contributed by atoms with Gasteiger partial charge in [-0.3, -0.25) is 9.59 Å². The maximum absolute atomic E-state index is 11.4. The molecular formula is C12H13ClN2O2. The van der Waals surface area contributed by atoms with Crippen molar-refractivity contribution in [1.82, 2.24) is 10.6 Å². The molecule has 2 rings (SSSR count). The van der Waals surface area contributed by atoms with E-state index in [-0.39, 0.29) is 6.04 Å². The van der Waals surface area contributed by atoms with Crippen molar-refractivity contribution in [3.8, 4) is 0 Å². The minimum atomic E-state index is -0.591. The van der Waals surface area contributed by atoms with Crippen LogP contribution in [0, 0.1) is 0 Å². The summed E-state index contributed by atoms with van der Waals surface area (Å²) in [5.74, 6) is -1.15. The van der Waals surface area contributed by atoms with Gasteiger partial charge in [-0.25, -0.2) is 0 Å². The lowest BCUT2D eigenvalue weighted by Gasteiger charge is -2.05. The van der Waals surface area contributed by atoms with E-state index in [9.17, 15) is 9.59 Å². The molecule has 1 aliphatic rings. The number of hydrogen-bond donors (Lipinski definition) is 2. The molecule has 0 radical (unpaired) electrons. The molecule has 17 heavy (non-hydrogen) atoms. The average molecular weight is 253 g/mol. The Morgan fingerprint density at radius 3 is 2.41 bits per heavy atom. The maximum Gasteiger partial charge on any atom is 0.309 e. The van der Waals surface area contributed by atoms with Gasteiger partial charge in [0.05, 0.1) is 0 Å². The third kappa shape index (κ3) is 3.75. The standard InChI is InChI=1S/C12H13ClN2O2/c13-9-3-1-8(2-4-9)7-14-11(16)12(17)15-10-5-6-10/h1-4,10H,5-7H2,(H,14,16)(H,15,17). The number of amides is 2. The molecule has 1 aromatic carbocycles. The Kier molecular flexibility index (Phi) is 3.64. The van der Waals surface area contributed by atoms with Crippen LogP contribution in [0.25, 0.3) is 0 Å². The molecule has 0 bridgehead atoms. The summed E-state index contributed by atoms with van der Waals surface area (Å²) in [6.45, 7) is 0.327. The SMILES string of the molecule is O=C(NCc1ccc(Cl)cc1)C(=O)NC1CC1. The molecule has 4 nitrogen and oxygen atoms in total. The van der Waals surface area contributed by atoms with E-state index in [0.29, 0.717) is 11.6 Å². The summed E-state index contributed by atoms with van der Waals surface area (Å²) < 4.78 is 0. The van der Waals surface area contributed by atoms with Gasteiger partial charge in [0, 0.05) is 17.6 Å². The molecule has 0 aliphatic heterocycles. The Morgan fingerprint density at radius 2 is 1.82 bits per heavy atom. The van der Waals surface area contributed by atoms with E-state index < -0.39 is 11.8 Å². The molecular weight excluding hydrogens is 240 g/mol. The number of rotatable bonds is 3. The van der Waals surface area contributed by atoms with Gasteiger partial charge in [-0.05, 0) is 30.5 Å². The zero-order valence-electron chi connectivity index (χ0n) is 9.20. The van der Waals surface area contributed by atoms with Crippen molar-refractivity contribution >= 4 is 23.4 Å². The summed E-state index contributed by atoms with van der Waals surface area (Å²) >= 11 is 5.74. The lowest BCUT2D eigenvalue weighted by Crippen LogP contribution is -2.40. The van der Waals surface area contributed by atoms with Crippen LogP contribution in [0.2, 0.25) is 5.02 Å². The number of carbonyl (C=O) groups is 2. The Labute approximate surface area is 104 Å². The molecule has 5 heteroatoms. The first-order chi connectivity index (χ1) is 8.15. The number of carbonyl (C=O) groups excluding carboxylic acids is 2. The second-order valence-electron chi connectivity index (χ2n) is 4.06. The van der Waals surface area contributed by atoms with Crippen LogP contribution in [0.5, 0.6) is 0 Å². The third-order valence-corrected chi connectivity index (χ3v) is 2.74. The minimum absolute atomic E-state index is 0.198. The maximum atomic E-state index is 11.4. The molecule has 2 amide bonds. The van der Waals surface area contributed by atoms with Gasteiger partial charge in [-0.1, -0.05) is 23.7 Å². The van der Waals surface area contributed by atoms with Crippen molar-refractivity contribution in [2.24, 2.45) is 0 Å². The lowest BCUT2D eigenvalue weighted by molar-refractivity contribution is -0.139. The second-order valence-corrected chi connectivity index (χ2v) is 4.49. The molecule has 0 aromatic heterocycles. The number of nitrogens with one attached hydrogen (secondary N) is 2. The molecule has 0 saturated heterocycles. The van der Waals surface area contributed by atoms with Gasteiger partial charge in [0.1, 0.15) is 0 Å². The second kappa shape index (κ2) is 5.19. The molecule has 0 atom stereocenters. The Bertz CT molecular complexity index is 427. The minimum Gasteiger partial charge on any atom is -0.345 e. The predicted molar refractivity (Wildman–Crippen MR) is 64.5 cm³/mol. The van der Waals surface area contributed by atoms with E-state index in [4.69, 9.17) is 11.6 Å². The summed E-state index contributed by atoms with van der Waals surface area (Å²) in [4.78, 5) is 22.7. The van der Waals surface area contributed by atoms with E-state index in [1.807, 2.05) is 0 Å². The number of benzene rings is 1.